The number of anilines is 3. The summed E-state index contributed by atoms with van der Waals surface area (Å²) >= 11 is 0. The van der Waals surface area contributed by atoms with Crippen LogP contribution >= 0.6 is 0 Å². The first kappa shape index (κ1) is 26.0. The third kappa shape index (κ3) is 6.34. The Labute approximate surface area is 240 Å². The molecule has 3 nitrogen and oxygen atoms in total. The molecule has 4 heteroatoms. The van der Waals surface area contributed by atoms with E-state index in [1.165, 1.54) is 11.1 Å². The van der Waals surface area contributed by atoms with E-state index >= 15 is 4.39 Å². The standard InChI is InChI=1S/C37H30FN3/c38-37-25-35(40(27-29-12-4-1-5-13-29)28-30-14-6-2-7-15-30)22-21-33(37)26-39-41(34-18-8-3-9-19-34)36-23-20-31-16-10-11-17-32(31)24-36/h1-26H,27-28H2. The van der Waals surface area contributed by atoms with E-state index in [9.17, 15) is 0 Å². The average molecular weight is 536 g/mol. The SMILES string of the molecule is Fc1cc(N(Cc2ccccc2)Cc2ccccc2)ccc1C=NN(c1ccccc1)c1ccc2ccccc2c1. The van der Waals surface area contributed by atoms with Crippen LogP contribution in [0.4, 0.5) is 21.5 Å². The fourth-order valence-corrected chi connectivity index (χ4v) is 4.94. The van der Waals surface area contributed by atoms with Crippen LogP contribution in [0.5, 0.6) is 0 Å². The highest BCUT2D eigenvalue weighted by Crippen LogP contribution is 2.29. The van der Waals surface area contributed by atoms with Gasteiger partial charge in [0.05, 0.1) is 17.6 Å². The van der Waals surface area contributed by atoms with E-state index in [1.807, 2.05) is 96.0 Å². The van der Waals surface area contributed by atoms with Crippen molar-refractivity contribution in [1.29, 1.82) is 0 Å². The molecule has 0 fully saturated rings. The molecule has 0 aromatic heterocycles. The van der Waals surface area contributed by atoms with E-state index in [1.54, 1.807) is 18.3 Å². The number of fused-ring (bicyclic) bond motifs is 1. The average Bonchev–Trinajstić information content (AvgIpc) is 3.03. The zero-order valence-corrected chi connectivity index (χ0v) is 22.6. The molecule has 0 radical (unpaired) electrons. The highest BCUT2D eigenvalue weighted by Gasteiger charge is 2.13. The minimum Gasteiger partial charge on any atom is -0.363 e. The second-order valence-corrected chi connectivity index (χ2v) is 9.96. The molecule has 0 amide bonds. The van der Waals surface area contributed by atoms with Crippen LogP contribution in [0.25, 0.3) is 10.8 Å². The summed E-state index contributed by atoms with van der Waals surface area (Å²) in [5, 5.41) is 8.89. The Bertz CT molecular complexity index is 1710. The van der Waals surface area contributed by atoms with E-state index in [-0.39, 0.29) is 5.82 Å². The molecule has 0 aliphatic rings. The Morgan fingerprint density at radius 1 is 0.512 bits per heavy atom. The first-order chi connectivity index (χ1) is 20.2. The van der Waals surface area contributed by atoms with Crippen LogP contribution in [0.3, 0.4) is 0 Å². The van der Waals surface area contributed by atoms with E-state index in [2.05, 4.69) is 53.4 Å². The van der Waals surface area contributed by atoms with Crippen molar-refractivity contribution in [3.8, 4) is 0 Å². The maximum atomic E-state index is 15.6. The Morgan fingerprint density at radius 3 is 1.71 bits per heavy atom. The molecule has 200 valence electrons. The van der Waals surface area contributed by atoms with E-state index in [4.69, 9.17) is 5.10 Å². The molecule has 0 bridgehead atoms. The van der Waals surface area contributed by atoms with E-state index in [0.717, 1.165) is 27.8 Å². The lowest BCUT2D eigenvalue weighted by atomic mass is 10.1. The van der Waals surface area contributed by atoms with Crippen molar-refractivity contribution in [1.82, 2.24) is 0 Å². The van der Waals surface area contributed by atoms with Gasteiger partial charge in [0.25, 0.3) is 0 Å². The number of nitrogens with zero attached hydrogens (tertiary/aromatic N) is 3. The number of benzene rings is 6. The number of hydrazone groups is 1. The topological polar surface area (TPSA) is 18.8 Å². The van der Waals surface area contributed by atoms with Gasteiger partial charge < -0.3 is 4.90 Å². The largest absolute Gasteiger partial charge is 0.363 e. The second-order valence-electron chi connectivity index (χ2n) is 9.96. The Morgan fingerprint density at radius 2 is 1.07 bits per heavy atom. The third-order valence-corrected chi connectivity index (χ3v) is 7.07. The van der Waals surface area contributed by atoms with E-state index < -0.39 is 0 Å². The van der Waals surface area contributed by atoms with Gasteiger partial charge in [-0.2, -0.15) is 5.10 Å². The van der Waals surface area contributed by atoms with Crippen molar-refractivity contribution >= 4 is 34.0 Å². The first-order valence-electron chi connectivity index (χ1n) is 13.7. The van der Waals surface area contributed by atoms with Crippen LogP contribution in [0.1, 0.15) is 16.7 Å². The predicted octanol–water partition coefficient (Wildman–Crippen LogP) is 9.36. The third-order valence-electron chi connectivity index (χ3n) is 7.07. The second kappa shape index (κ2) is 12.3. The molecule has 0 unspecified atom stereocenters. The van der Waals surface area contributed by atoms with Gasteiger partial charge in [0.15, 0.2) is 0 Å². The summed E-state index contributed by atoms with van der Waals surface area (Å²) in [7, 11) is 0. The van der Waals surface area contributed by atoms with Crippen LogP contribution in [0, 0.1) is 5.82 Å². The van der Waals surface area contributed by atoms with E-state index in [0.29, 0.717) is 18.7 Å². The van der Waals surface area contributed by atoms with Crippen LogP contribution < -0.4 is 9.91 Å². The monoisotopic (exact) mass is 535 g/mol. The molecule has 0 saturated heterocycles. The fraction of sp³-hybridized carbons (Fsp3) is 0.0541. The van der Waals surface area contributed by atoms with Crippen molar-refractivity contribution in [3.63, 3.8) is 0 Å². The summed E-state index contributed by atoms with van der Waals surface area (Å²) in [6.45, 7) is 1.35. The zero-order chi connectivity index (χ0) is 27.9. The van der Waals surface area contributed by atoms with Gasteiger partial charge in [0, 0.05) is 24.3 Å². The molecule has 0 saturated carbocycles. The Kier molecular flexibility index (Phi) is 7.81. The van der Waals surface area contributed by atoms with Gasteiger partial charge in [-0.05, 0) is 64.4 Å². The molecule has 6 aromatic carbocycles. The molecular formula is C37H30FN3. The van der Waals surface area contributed by atoms with Crippen LogP contribution in [-0.4, -0.2) is 6.21 Å². The quantitative estimate of drug-likeness (QED) is 0.136. The number of rotatable bonds is 9. The molecule has 0 aliphatic heterocycles. The summed E-state index contributed by atoms with van der Waals surface area (Å²) in [6, 6.07) is 50.3. The van der Waals surface area contributed by atoms with Crippen molar-refractivity contribution < 1.29 is 4.39 Å². The van der Waals surface area contributed by atoms with Crippen LogP contribution in [0.2, 0.25) is 0 Å². The lowest BCUT2D eigenvalue weighted by molar-refractivity contribution is 0.624. The normalized spacial score (nSPS) is 11.1. The van der Waals surface area contributed by atoms with Crippen molar-refractivity contribution in [2.75, 3.05) is 9.91 Å². The van der Waals surface area contributed by atoms with Gasteiger partial charge in [-0.1, -0.05) is 109 Å². The van der Waals surface area contributed by atoms with Crippen LogP contribution in [0.15, 0.2) is 157 Å². The molecular weight excluding hydrogens is 505 g/mol. The molecule has 0 atom stereocenters. The van der Waals surface area contributed by atoms with Gasteiger partial charge in [0.2, 0.25) is 0 Å². The molecule has 0 N–H and O–H groups in total. The lowest BCUT2D eigenvalue weighted by Crippen LogP contribution is -2.22. The van der Waals surface area contributed by atoms with Gasteiger partial charge >= 0.3 is 0 Å². The van der Waals surface area contributed by atoms with Gasteiger partial charge in [-0.3, -0.25) is 0 Å². The van der Waals surface area contributed by atoms with Crippen molar-refractivity contribution in [2.24, 2.45) is 5.10 Å². The maximum Gasteiger partial charge on any atom is 0.134 e. The molecule has 41 heavy (non-hydrogen) atoms. The number of para-hydroxylation sites is 1. The smallest absolute Gasteiger partial charge is 0.134 e. The maximum absolute atomic E-state index is 15.6. The number of hydrogen-bond acceptors (Lipinski definition) is 3. The zero-order valence-electron chi connectivity index (χ0n) is 22.6. The summed E-state index contributed by atoms with van der Waals surface area (Å²) < 4.78 is 15.6. The van der Waals surface area contributed by atoms with Gasteiger partial charge in [-0.15, -0.1) is 0 Å². The summed E-state index contributed by atoms with van der Waals surface area (Å²) in [6.07, 6.45) is 1.60. The molecule has 6 aromatic rings. The van der Waals surface area contributed by atoms with Crippen molar-refractivity contribution in [3.05, 3.63) is 174 Å². The Hall–Kier alpha value is -5.22. The summed E-state index contributed by atoms with van der Waals surface area (Å²) in [5.41, 5.74) is 5.39. The summed E-state index contributed by atoms with van der Waals surface area (Å²) in [4.78, 5) is 2.19. The number of halogens is 1. The van der Waals surface area contributed by atoms with Gasteiger partial charge in [0.1, 0.15) is 5.82 Å². The van der Waals surface area contributed by atoms with Crippen LogP contribution in [-0.2, 0) is 13.1 Å². The summed E-state index contributed by atoms with van der Waals surface area (Å²) in [5.74, 6) is -0.316. The molecule has 0 aliphatic carbocycles. The predicted molar refractivity (Wildman–Crippen MR) is 169 cm³/mol. The Balaban J connectivity index is 1.31. The molecule has 0 spiro atoms. The highest BCUT2D eigenvalue weighted by atomic mass is 19.1. The fourth-order valence-electron chi connectivity index (χ4n) is 4.94. The highest BCUT2D eigenvalue weighted by molar-refractivity contribution is 5.88. The minimum atomic E-state index is -0.316. The minimum absolute atomic E-state index is 0.316. The van der Waals surface area contributed by atoms with Gasteiger partial charge in [-0.25, -0.2) is 9.40 Å². The first-order valence-corrected chi connectivity index (χ1v) is 13.7. The molecule has 6 rings (SSSR count). The molecule has 0 heterocycles. The lowest BCUT2D eigenvalue weighted by Gasteiger charge is -2.25. The van der Waals surface area contributed by atoms with Crippen molar-refractivity contribution in [2.45, 2.75) is 13.1 Å². The number of hydrogen-bond donors (Lipinski definition) is 0.